The second-order valence-electron chi connectivity index (χ2n) is 3.47. The number of hydrogen-bond acceptors (Lipinski definition) is 4. The number of rotatable bonds is 2. The van der Waals surface area contributed by atoms with Gasteiger partial charge in [0, 0.05) is 19.2 Å². The van der Waals surface area contributed by atoms with Gasteiger partial charge in [-0.05, 0) is 12.8 Å². The van der Waals surface area contributed by atoms with Crippen molar-refractivity contribution in [3.63, 3.8) is 0 Å². The van der Waals surface area contributed by atoms with Crippen LogP contribution in [0.4, 0.5) is 5.82 Å². The molecule has 1 aliphatic heterocycles. The molecule has 1 aromatic rings. The molecule has 1 aliphatic rings. The molecule has 1 saturated heterocycles. The van der Waals surface area contributed by atoms with E-state index in [0.29, 0.717) is 5.82 Å². The first-order chi connectivity index (χ1) is 7.18. The topological polar surface area (TPSA) is 86.3 Å². The van der Waals surface area contributed by atoms with Crippen molar-refractivity contribution in [3.05, 3.63) is 22.0 Å². The summed E-state index contributed by atoms with van der Waals surface area (Å²) >= 11 is 0. The number of carboxylic acid groups (broad SMARTS) is 1. The van der Waals surface area contributed by atoms with Gasteiger partial charge in [-0.2, -0.15) is 5.10 Å². The minimum atomic E-state index is -1.22. The molecule has 0 aromatic carbocycles. The number of carboxylic acids is 1. The lowest BCUT2D eigenvalue weighted by Crippen LogP contribution is -2.25. The lowest BCUT2D eigenvalue weighted by atomic mass is 10.3. The Morgan fingerprint density at radius 3 is 2.73 bits per heavy atom. The molecule has 2 heterocycles. The summed E-state index contributed by atoms with van der Waals surface area (Å²) in [6.07, 6.45) is 2.15. The number of aromatic nitrogens is 2. The van der Waals surface area contributed by atoms with Crippen LogP contribution in [0.15, 0.2) is 10.9 Å². The predicted octanol–water partition coefficient (Wildman–Crippen LogP) is 0.0683. The van der Waals surface area contributed by atoms with Gasteiger partial charge in [0.2, 0.25) is 0 Å². The van der Waals surface area contributed by atoms with E-state index in [1.807, 2.05) is 4.90 Å². The summed E-state index contributed by atoms with van der Waals surface area (Å²) in [6.45, 7) is 1.72. The van der Waals surface area contributed by atoms with Gasteiger partial charge in [-0.1, -0.05) is 0 Å². The summed E-state index contributed by atoms with van der Waals surface area (Å²) in [7, 11) is 0. The molecule has 2 rings (SSSR count). The lowest BCUT2D eigenvalue weighted by Gasteiger charge is -2.15. The van der Waals surface area contributed by atoms with Crippen molar-refractivity contribution in [2.45, 2.75) is 12.8 Å². The van der Waals surface area contributed by atoms with Crippen LogP contribution in [0.1, 0.15) is 23.2 Å². The number of carbonyl (C=O) groups is 1. The molecule has 0 spiro atoms. The van der Waals surface area contributed by atoms with Crippen LogP contribution in [0.2, 0.25) is 0 Å². The van der Waals surface area contributed by atoms with E-state index in [9.17, 15) is 9.59 Å². The minimum Gasteiger partial charge on any atom is -0.477 e. The first kappa shape index (κ1) is 9.70. The molecule has 15 heavy (non-hydrogen) atoms. The number of aromatic carboxylic acids is 1. The number of anilines is 1. The molecule has 0 unspecified atom stereocenters. The molecular weight excluding hydrogens is 198 g/mol. The van der Waals surface area contributed by atoms with Gasteiger partial charge in [0.05, 0.1) is 0 Å². The van der Waals surface area contributed by atoms with Crippen LogP contribution in [-0.2, 0) is 0 Å². The predicted molar refractivity (Wildman–Crippen MR) is 53.3 cm³/mol. The number of hydrogen-bond donors (Lipinski definition) is 2. The summed E-state index contributed by atoms with van der Waals surface area (Å²) in [5.41, 5.74) is -0.919. The van der Waals surface area contributed by atoms with Crippen LogP contribution in [0, 0.1) is 0 Å². The summed E-state index contributed by atoms with van der Waals surface area (Å²) in [5, 5.41) is 14.8. The fourth-order valence-electron chi connectivity index (χ4n) is 1.66. The van der Waals surface area contributed by atoms with Crippen molar-refractivity contribution in [2.24, 2.45) is 0 Å². The maximum absolute atomic E-state index is 11.1. The van der Waals surface area contributed by atoms with E-state index in [1.165, 1.54) is 6.07 Å². The summed E-state index contributed by atoms with van der Waals surface area (Å²) in [6, 6.07) is 1.33. The third-order valence-corrected chi connectivity index (χ3v) is 2.45. The van der Waals surface area contributed by atoms with Crippen LogP contribution < -0.4 is 10.5 Å². The van der Waals surface area contributed by atoms with E-state index in [-0.39, 0.29) is 5.56 Å². The van der Waals surface area contributed by atoms with Gasteiger partial charge in [-0.25, -0.2) is 9.89 Å². The number of nitrogens with zero attached hydrogens (tertiary/aromatic N) is 2. The Labute approximate surface area is 85.5 Å². The van der Waals surface area contributed by atoms with Crippen LogP contribution in [0.3, 0.4) is 0 Å². The quantitative estimate of drug-likeness (QED) is 0.719. The largest absolute Gasteiger partial charge is 0.477 e. The molecule has 0 saturated carbocycles. The number of aromatic amines is 1. The zero-order chi connectivity index (χ0) is 10.8. The van der Waals surface area contributed by atoms with Gasteiger partial charge < -0.3 is 10.0 Å². The normalized spacial score (nSPS) is 15.6. The molecule has 6 nitrogen and oxygen atoms in total. The third-order valence-electron chi connectivity index (χ3n) is 2.45. The Hall–Kier alpha value is -1.85. The number of H-pyrrole nitrogens is 1. The van der Waals surface area contributed by atoms with Crippen molar-refractivity contribution in [3.8, 4) is 0 Å². The van der Waals surface area contributed by atoms with Crippen LogP contribution >= 0.6 is 0 Å². The molecule has 1 aromatic heterocycles. The van der Waals surface area contributed by atoms with Gasteiger partial charge in [-0.3, -0.25) is 4.79 Å². The van der Waals surface area contributed by atoms with E-state index in [0.717, 1.165) is 25.9 Å². The van der Waals surface area contributed by atoms with Crippen molar-refractivity contribution in [1.29, 1.82) is 0 Å². The first-order valence-corrected chi connectivity index (χ1v) is 4.76. The molecule has 0 amide bonds. The highest BCUT2D eigenvalue weighted by molar-refractivity contribution is 5.87. The average molecular weight is 209 g/mol. The summed E-state index contributed by atoms with van der Waals surface area (Å²) < 4.78 is 0. The molecule has 0 bridgehead atoms. The number of nitrogens with one attached hydrogen (secondary N) is 1. The first-order valence-electron chi connectivity index (χ1n) is 4.76. The zero-order valence-electron chi connectivity index (χ0n) is 8.06. The van der Waals surface area contributed by atoms with Crippen molar-refractivity contribution >= 4 is 11.8 Å². The van der Waals surface area contributed by atoms with E-state index in [1.54, 1.807) is 0 Å². The Morgan fingerprint density at radius 1 is 1.47 bits per heavy atom. The zero-order valence-corrected chi connectivity index (χ0v) is 8.06. The smallest absolute Gasteiger partial charge is 0.341 e. The molecule has 1 fully saturated rings. The van der Waals surface area contributed by atoms with Crippen molar-refractivity contribution in [1.82, 2.24) is 10.2 Å². The Kier molecular flexibility index (Phi) is 2.40. The second kappa shape index (κ2) is 3.72. The molecule has 0 radical (unpaired) electrons. The second-order valence-corrected chi connectivity index (χ2v) is 3.47. The van der Waals surface area contributed by atoms with Gasteiger partial charge in [0.1, 0.15) is 11.4 Å². The summed E-state index contributed by atoms with van der Waals surface area (Å²) in [4.78, 5) is 23.8. The Morgan fingerprint density at radius 2 is 2.13 bits per heavy atom. The fourth-order valence-corrected chi connectivity index (χ4v) is 1.66. The van der Waals surface area contributed by atoms with E-state index in [4.69, 9.17) is 5.11 Å². The maximum Gasteiger partial charge on any atom is 0.341 e. The molecule has 0 atom stereocenters. The van der Waals surface area contributed by atoms with Crippen LogP contribution in [-0.4, -0.2) is 34.4 Å². The summed E-state index contributed by atoms with van der Waals surface area (Å²) in [5.74, 6) is -0.691. The molecule has 0 aliphatic carbocycles. The van der Waals surface area contributed by atoms with Crippen molar-refractivity contribution in [2.75, 3.05) is 18.0 Å². The van der Waals surface area contributed by atoms with Gasteiger partial charge in [0.15, 0.2) is 0 Å². The lowest BCUT2D eigenvalue weighted by molar-refractivity contribution is 0.0694. The van der Waals surface area contributed by atoms with E-state index >= 15 is 0 Å². The van der Waals surface area contributed by atoms with Gasteiger partial charge >= 0.3 is 5.97 Å². The van der Waals surface area contributed by atoms with E-state index < -0.39 is 11.5 Å². The Bertz CT molecular complexity index is 434. The van der Waals surface area contributed by atoms with Gasteiger partial charge in [0.25, 0.3) is 5.56 Å². The molecule has 2 N–H and O–H groups in total. The monoisotopic (exact) mass is 209 g/mol. The average Bonchev–Trinajstić information content (AvgIpc) is 2.71. The van der Waals surface area contributed by atoms with Crippen molar-refractivity contribution < 1.29 is 9.90 Å². The molecular formula is C9H11N3O3. The fraction of sp³-hybridized carbons (Fsp3) is 0.444. The minimum absolute atomic E-state index is 0.257. The van der Waals surface area contributed by atoms with E-state index in [2.05, 4.69) is 10.2 Å². The maximum atomic E-state index is 11.1. The Balaban J connectivity index is 2.37. The highest BCUT2D eigenvalue weighted by atomic mass is 16.4. The van der Waals surface area contributed by atoms with Gasteiger partial charge in [-0.15, -0.1) is 0 Å². The molecule has 80 valence electrons. The SMILES string of the molecule is O=C(O)c1cc(N2CCCC2)n[nH]c1=O. The standard InChI is InChI=1S/C9H11N3O3/c13-8-6(9(14)15)5-7(10-11-8)12-3-1-2-4-12/h5H,1-4H2,(H,11,13)(H,14,15). The molecule has 6 heteroatoms. The van der Waals surface area contributed by atoms with Crippen LogP contribution in [0.5, 0.6) is 0 Å². The third kappa shape index (κ3) is 1.83. The highest BCUT2D eigenvalue weighted by Crippen LogP contribution is 2.16. The van der Waals surface area contributed by atoms with Crippen LogP contribution in [0.25, 0.3) is 0 Å². The highest BCUT2D eigenvalue weighted by Gasteiger charge is 2.17.